The summed E-state index contributed by atoms with van der Waals surface area (Å²) in [6.07, 6.45) is 5.59. The van der Waals surface area contributed by atoms with Crippen LogP contribution in [0.3, 0.4) is 0 Å². The number of carbonyl (C=O) groups is 1. The lowest BCUT2D eigenvalue weighted by atomic mass is 9.98. The summed E-state index contributed by atoms with van der Waals surface area (Å²) in [4.78, 5) is 11.6. The summed E-state index contributed by atoms with van der Waals surface area (Å²) in [6.45, 7) is 0. The van der Waals surface area contributed by atoms with E-state index >= 15 is 0 Å². The molecule has 3 nitrogen and oxygen atoms in total. The maximum atomic E-state index is 11.6. The third-order valence-corrected chi connectivity index (χ3v) is 3.03. The van der Waals surface area contributed by atoms with E-state index in [1.54, 1.807) is 12.1 Å². The van der Waals surface area contributed by atoms with Gasteiger partial charge in [-0.1, -0.05) is 6.42 Å². The molecular weight excluding hydrogens is 260 g/mol. The van der Waals surface area contributed by atoms with Crippen LogP contribution < -0.4 is 0 Å². The van der Waals surface area contributed by atoms with Crippen LogP contribution in [-0.4, -0.2) is 12.1 Å². The van der Waals surface area contributed by atoms with E-state index in [1.165, 1.54) is 6.42 Å². The highest BCUT2D eigenvalue weighted by Crippen LogP contribution is 2.22. The van der Waals surface area contributed by atoms with Crippen molar-refractivity contribution in [2.24, 2.45) is 0 Å². The van der Waals surface area contributed by atoms with E-state index in [9.17, 15) is 4.79 Å². The number of hydrogen-bond donors (Lipinski definition) is 0. The first kappa shape index (κ1) is 10.7. The molecule has 4 heteroatoms. The van der Waals surface area contributed by atoms with E-state index in [4.69, 9.17) is 9.15 Å². The lowest BCUT2D eigenvalue weighted by Crippen LogP contribution is -2.20. The number of carbonyl (C=O) groups excluding carboxylic acids is 1. The predicted octanol–water partition coefficient (Wildman–Crippen LogP) is 3.53. The second-order valence-electron chi connectivity index (χ2n) is 3.77. The largest absolute Gasteiger partial charge is 0.457 e. The Bertz CT molecular complexity index is 339. The Balaban J connectivity index is 1.91. The molecule has 1 aromatic heterocycles. The molecule has 0 saturated heterocycles. The van der Waals surface area contributed by atoms with Crippen LogP contribution in [0.1, 0.15) is 42.7 Å². The molecule has 1 aromatic rings. The summed E-state index contributed by atoms with van der Waals surface area (Å²) in [6, 6.07) is 3.31. The summed E-state index contributed by atoms with van der Waals surface area (Å²) in [7, 11) is 0. The predicted molar refractivity (Wildman–Crippen MR) is 58.7 cm³/mol. The third kappa shape index (κ3) is 2.84. The minimum Gasteiger partial charge on any atom is -0.457 e. The van der Waals surface area contributed by atoms with Crippen LogP contribution in [0.2, 0.25) is 0 Å². The molecule has 15 heavy (non-hydrogen) atoms. The van der Waals surface area contributed by atoms with Gasteiger partial charge in [0.15, 0.2) is 4.67 Å². The topological polar surface area (TPSA) is 39.4 Å². The SMILES string of the molecule is O=C(OC1CCCCC1)c1ccc(Br)o1. The normalized spacial score (nSPS) is 17.7. The fourth-order valence-electron chi connectivity index (χ4n) is 1.82. The molecule has 0 bridgehead atoms. The molecule has 0 amide bonds. The Morgan fingerprint density at radius 2 is 2.07 bits per heavy atom. The van der Waals surface area contributed by atoms with E-state index in [2.05, 4.69) is 15.9 Å². The quantitative estimate of drug-likeness (QED) is 0.774. The average molecular weight is 273 g/mol. The second kappa shape index (κ2) is 4.84. The molecule has 1 heterocycles. The molecule has 1 aliphatic rings. The fraction of sp³-hybridized carbons (Fsp3) is 0.545. The Labute approximate surface area is 96.9 Å². The van der Waals surface area contributed by atoms with Gasteiger partial charge in [0.2, 0.25) is 5.76 Å². The van der Waals surface area contributed by atoms with E-state index in [0.29, 0.717) is 4.67 Å². The lowest BCUT2D eigenvalue weighted by molar-refractivity contribution is 0.0176. The Morgan fingerprint density at radius 1 is 1.33 bits per heavy atom. The highest BCUT2D eigenvalue weighted by Gasteiger charge is 2.20. The summed E-state index contributed by atoms with van der Waals surface area (Å²) >= 11 is 3.15. The summed E-state index contributed by atoms with van der Waals surface area (Å²) in [5.41, 5.74) is 0. The van der Waals surface area contributed by atoms with Crippen molar-refractivity contribution >= 4 is 21.9 Å². The molecule has 0 radical (unpaired) electrons. The van der Waals surface area contributed by atoms with Gasteiger partial charge in [-0.05, 0) is 53.7 Å². The number of ether oxygens (including phenoxy) is 1. The molecule has 1 aliphatic carbocycles. The molecule has 1 saturated carbocycles. The van der Waals surface area contributed by atoms with Gasteiger partial charge in [-0.3, -0.25) is 0 Å². The minimum absolute atomic E-state index is 0.0788. The van der Waals surface area contributed by atoms with Gasteiger partial charge in [0.05, 0.1) is 0 Å². The zero-order valence-electron chi connectivity index (χ0n) is 8.37. The first-order valence-electron chi connectivity index (χ1n) is 5.22. The number of halogens is 1. The Kier molecular flexibility index (Phi) is 3.46. The van der Waals surface area contributed by atoms with Gasteiger partial charge in [0.1, 0.15) is 6.10 Å². The number of rotatable bonds is 2. The van der Waals surface area contributed by atoms with Crippen LogP contribution in [0.5, 0.6) is 0 Å². The molecule has 0 unspecified atom stereocenters. The van der Waals surface area contributed by atoms with Gasteiger partial charge in [0, 0.05) is 0 Å². The van der Waals surface area contributed by atoms with Crippen LogP contribution in [0, 0.1) is 0 Å². The van der Waals surface area contributed by atoms with Gasteiger partial charge >= 0.3 is 5.97 Å². The number of esters is 1. The van der Waals surface area contributed by atoms with Crippen molar-refractivity contribution in [1.29, 1.82) is 0 Å². The maximum Gasteiger partial charge on any atom is 0.374 e. The van der Waals surface area contributed by atoms with Crippen molar-refractivity contribution in [2.45, 2.75) is 38.2 Å². The number of hydrogen-bond acceptors (Lipinski definition) is 3. The Morgan fingerprint density at radius 3 is 2.67 bits per heavy atom. The molecule has 0 aliphatic heterocycles. The molecule has 0 aromatic carbocycles. The highest BCUT2D eigenvalue weighted by molar-refractivity contribution is 9.10. The van der Waals surface area contributed by atoms with Gasteiger partial charge in [-0.25, -0.2) is 4.79 Å². The fourth-order valence-corrected chi connectivity index (χ4v) is 2.12. The first-order chi connectivity index (χ1) is 7.25. The van der Waals surface area contributed by atoms with Crippen LogP contribution in [0.25, 0.3) is 0 Å². The average Bonchev–Trinajstić information content (AvgIpc) is 2.66. The van der Waals surface area contributed by atoms with Crippen LogP contribution >= 0.6 is 15.9 Å². The van der Waals surface area contributed by atoms with Crippen molar-refractivity contribution in [3.8, 4) is 0 Å². The van der Waals surface area contributed by atoms with Crippen molar-refractivity contribution in [3.05, 3.63) is 22.6 Å². The summed E-state index contributed by atoms with van der Waals surface area (Å²) in [5.74, 6) is -0.0833. The van der Waals surface area contributed by atoms with E-state index in [1.807, 2.05) is 0 Å². The van der Waals surface area contributed by atoms with Gasteiger partial charge in [-0.2, -0.15) is 0 Å². The van der Waals surface area contributed by atoms with Crippen molar-refractivity contribution in [1.82, 2.24) is 0 Å². The summed E-state index contributed by atoms with van der Waals surface area (Å²) in [5, 5.41) is 0. The van der Waals surface area contributed by atoms with Crippen molar-refractivity contribution in [2.75, 3.05) is 0 Å². The van der Waals surface area contributed by atoms with E-state index < -0.39 is 0 Å². The molecule has 1 fully saturated rings. The molecule has 2 rings (SSSR count). The van der Waals surface area contributed by atoms with Crippen LogP contribution in [0.4, 0.5) is 0 Å². The maximum absolute atomic E-state index is 11.6. The van der Waals surface area contributed by atoms with Crippen LogP contribution in [-0.2, 0) is 4.74 Å². The zero-order valence-corrected chi connectivity index (χ0v) is 9.96. The number of furan rings is 1. The van der Waals surface area contributed by atoms with Gasteiger partial charge < -0.3 is 9.15 Å². The van der Waals surface area contributed by atoms with Gasteiger partial charge in [0.25, 0.3) is 0 Å². The molecular formula is C11H13BrO3. The van der Waals surface area contributed by atoms with Crippen LogP contribution in [0.15, 0.2) is 21.2 Å². The zero-order chi connectivity index (χ0) is 10.7. The molecule has 0 atom stereocenters. The summed E-state index contributed by atoms with van der Waals surface area (Å²) < 4.78 is 11.0. The standard InChI is InChI=1S/C11H13BrO3/c12-10-7-6-9(15-10)11(13)14-8-4-2-1-3-5-8/h6-8H,1-5H2. The molecule has 82 valence electrons. The highest BCUT2D eigenvalue weighted by atomic mass is 79.9. The second-order valence-corrected chi connectivity index (χ2v) is 4.55. The van der Waals surface area contributed by atoms with E-state index in [0.717, 1.165) is 25.7 Å². The Hall–Kier alpha value is -0.770. The lowest BCUT2D eigenvalue weighted by Gasteiger charge is -2.21. The van der Waals surface area contributed by atoms with Crippen molar-refractivity contribution in [3.63, 3.8) is 0 Å². The first-order valence-corrected chi connectivity index (χ1v) is 6.01. The molecule has 0 N–H and O–H groups in total. The smallest absolute Gasteiger partial charge is 0.374 e. The molecule has 0 spiro atoms. The van der Waals surface area contributed by atoms with Crippen molar-refractivity contribution < 1.29 is 13.9 Å². The van der Waals surface area contributed by atoms with Gasteiger partial charge in [-0.15, -0.1) is 0 Å². The monoisotopic (exact) mass is 272 g/mol. The third-order valence-electron chi connectivity index (χ3n) is 2.60. The van der Waals surface area contributed by atoms with E-state index in [-0.39, 0.29) is 17.8 Å². The minimum atomic E-state index is -0.354.